The third kappa shape index (κ3) is 12.7. The minimum absolute atomic E-state index is 0. The summed E-state index contributed by atoms with van der Waals surface area (Å²) in [4.78, 5) is 43.9. The molecule has 0 amide bonds. The SMILES string of the molecule is C.CC(CO)(CO)C(=O)O.CC1(C(=O)Oc2c(F)c(F)c(F)c(F)c2F)COC(=O)OC1.CPF.O=C(Oc1c(F)c(F)c(F)c(F)c1F)Oc1c(F)c(F)c(F)c(F)c1F. The lowest BCUT2D eigenvalue weighted by Crippen LogP contribution is -2.45. The number of aliphatic hydroxyl groups is 2. The Hall–Kier alpha value is -5.63. The number of aliphatic carboxylic acids is 1. The van der Waals surface area contributed by atoms with Gasteiger partial charge in [0.25, 0.3) is 0 Å². The van der Waals surface area contributed by atoms with Crippen molar-refractivity contribution < 1.29 is 128 Å². The van der Waals surface area contributed by atoms with Gasteiger partial charge in [0.1, 0.15) is 24.0 Å². The molecule has 1 heterocycles. The molecule has 61 heavy (non-hydrogen) atoms. The lowest BCUT2D eigenvalue weighted by Gasteiger charge is -2.29. The number of hydrogen-bond acceptors (Lipinski definition) is 11. The van der Waals surface area contributed by atoms with E-state index >= 15 is 0 Å². The van der Waals surface area contributed by atoms with Gasteiger partial charge >= 0.3 is 24.2 Å². The molecule has 1 aliphatic rings. The fourth-order valence-corrected chi connectivity index (χ4v) is 3.25. The molecule has 3 aromatic rings. The van der Waals surface area contributed by atoms with Crippen molar-refractivity contribution in [1.82, 2.24) is 0 Å². The van der Waals surface area contributed by atoms with E-state index in [0.29, 0.717) is 0 Å². The van der Waals surface area contributed by atoms with E-state index in [-0.39, 0.29) is 7.43 Å². The number of carboxylic acid groups (broad SMARTS) is 1. The zero-order valence-corrected chi connectivity index (χ0v) is 30.4. The fraction of sp³-hybridized carbons (Fsp3) is 0.312. The van der Waals surface area contributed by atoms with Crippen LogP contribution in [0, 0.1) is 98.1 Å². The number of aliphatic hydroxyl groups excluding tert-OH is 2. The number of esters is 1. The van der Waals surface area contributed by atoms with Gasteiger partial charge in [0.05, 0.1) is 22.1 Å². The first-order valence-electron chi connectivity index (χ1n) is 14.8. The Morgan fingerprint density at radius 1 is 0.590 bits per heavy atom. The van der Waals surface area contributed by atoms with Crippen molar-refractivity contribution in [3.8, 4) is 17.2 Å². The molecule has 0 aromatic heterocycles. The smallest absolute Gasteiger partial charge is 0.481 e. The summed E-state index contributed by atoms with van der Waals surface area (Å²) in [5.41, 5.74) is -3.05. The van der Waals surface area contributed by atoms with Crippen LogP contribution in [-0.2, 0) is 19.1 Å². The summed E-state index contributed by atoms with van der Waals surface area (Å²) in [6, 6.07) is 0. The first-order valence-corrected chi connectivity index (χ1v) is 16.2. The zero-order chi connectivity index (χ0) is 46.8. The van der Waals surface area contributed by atoms with Crippen molar-refractivity contribution in [2.75, 3.05) is 33.1 Å². The molecular formula is C32H25F16O12P. The van der Waals surface area contributed by atoms with Crippen LogP contribution in [0.4, 0.5) is 79.6 Å². The average molecular weight is 936 g/mol. The van der Waals surface area contributed by atoms with Crippen molar-refractivity contribution in [1.29, 1.82) is 0 Å². The summed E-state index contributed by atoms with van der Waals surface area (Å²) >= 11 is 0. The minimum atomic E-state index is -2.62. The van der Waals surface area contributed by atoms with Crippen LogP contribution in [0.15, 0.2) is 0 Å². The second-order valence-corrected chi connectivity index (χ2v) is 11.7. The third-order valence-electron chi connectivity index (χ3n) is 6.80. The van der Waals surface area contributed by atoms with Gasteiger partial charge in [-0.2, -0.15) is 26.3 Å². The quantitative estimate of drug-likeness (QED) is 0.0397. The molecule has 0 bridgehead atoms. The minimum Gasteiger partial charge on any atom is -0.481 e. The predicted octanol–water partition coefficient (Wildman–Crippen LogP) is 7.99. The number of carbonyl (C=O) groups excluding carboxylic acids is 3. The Morgan fingerprint density at radius 3 is 1.03 bits per heavy atom. The molecule has 0 radical (unpaired) electrons. The number of carboxylic acids is 1. The molecule has 1 fully saturated rings. The molecule has 0 spiro atoms. The van der Waals surface area contributed by atoms with E-state index in [1.165, 1.54) is 13.6 Å². The second-order valence-electron chi connectivity index (χ2n) is 11.3. The number of ether oxygens (including phenoxy) is 5. The van der Waals surface area contributed by atoms with Gasteiger partial charge in [-0.25, -0.2) is 53.3 Å². The fourth-order valence-electron chi connectivity index (χ4n) is 3.25. The number of carbonyl (C=O) groups is 4. The van der Waals surface area contributed by atoms with Crippen LogP contribution in [0.3, 0.4) is 0 Å². The van der Waals surface area contributed by atoms with E-state index in [9.17, 15) is 89.2 Å². The third-order valence-corrected chi connectivity index (χ3v) is 6.80. The summed E-state index contributed by atoms with van der Waals surface area (Å²) in [7, 11) is -0.417. The van der Waals surface area contributed by atoms with Crippen LogP contribution in [0.1, 0.15) is 21.3 Å². The summed E-state index contributed by atoms with van der Waals surface area (Å²) in [6.45, 7) is 1.75. The Kier molecular flexibility index (Phi) is 20.7. The molecule has 0 aliphatic carbocycles. The van der Waals surface area contributed by atoms with Crippen LogP contribution in [-0.4, -0.2) is 72.7 Å². The molecule has 3 N–H and O–H groups in total. The molecule has 1 unspecified atom stereocenters. The van der Waals surface area contributed by atoms with Gasteiger partial charge in [0.15, 0.2) is 0 Å². The van der Waals surface area contributed by atoms with Gasteiger partial charge in [0.2, 0.25) is 105 Å². The van der Waals surface area contributed by atoms with E-state index in [0.717, 1.165) is 6.92 Å². The summed E-state index contributed by atoms with van der Waals surface area (Å²) < 4.78 is 227. The monoisotopic (exact) mass is 936 g/mol. The van der Waals surface area contributed by atoms with Gasteiger partial charge in [-0.05, 0) is 20.5 Å². The molecule has 12 nitrogen and oxygen atoms in total. The molecule has 29 heteroatoms. The predicted molar refractivity (Wildman–Crippen MR) is 168 cm³/mol. The van der Waals surface area contributed by atoms with Gasteiger partial charge in [-0.3, -0.25) is 9.59 Å². The number of hydrogen-bond donors (Lipinski definition) is 3. The summed E-state index contributed by atoms with van der Waals surface area (Å²) in [5, 5.41) is 25.1. The van der Waals surface area contributed by atoms with Gasteiger partial charge in [-0.15, -0.1) is 0 Å². The van der Waals surface area contributed by atoms with E-state index in [2.05, 4.69) is 23.7 Å². The van der Waals surface area contributed by atoms with Crippen molar-refractivity contribution in [2.24, 2.45) is 10.8 Å². The molecule has 1 atom stereocenters. The largest absolute Gasteiger partial charge is 0.519 e. The molecule has 1 aliphatic heterocycles. The summed E-state index contributed by atoms with van der Waals surface area (Å²) in [6.07, 6.45) is -3.63. The number of benzene rings is 3. The standard InChI is InChI=1S/C13F10O3.C12H7F5O5.C5H10O4.CH4FP.CH4/c14-1-3(16)7(20)11(8(21)4(1)17)25-13(24)26-12-9(22)5(18)2(15)6(19)10(12)23;1-12(2-20-11(19)21-3-12)10(18)22-9-7(16)5(14)4(13)6(15)8(9)17;1-5(2-6,3-7)4(8)9;1-3-2;/h;2-3H2,1H3;6-7H,2-3H2,1H3,(H,8,9);3H,1H3;1H4. The highest BCUT2D eigenvalue weighted by Crippen LogP contribution is 2.34. The van der Waals surface area contributed by atoms with E-state index in [1.54, 1.807) is 0 Å². The highest BCUT2D eigenvalue weighted by molar-refractivity contribution is 7.30. The van der Waals surface area contributed by atoms with Gasteiger partial charge in [0, 0.05) is 0 Å². The Morgan fingerprint density at radius 2 is 0.820 bits per heavy atom. The highest BCUT2D eigenvalue weighted by atomic mass is 31.1. The highest BCUT2D eigenvalue weighted by Gasteiger charge is 2.43. The lowest BCUT2D eigenvalue weighted by atomic mass is 9.92. The van der Waals surface area contributed by atoms with Crippen LogP contribution in [0.5, 0.6) is 17.2 Å². The van der Waals surface area contributed by atoms with Gasteiger partial charge in [-0.1, -0.05) is 7.43 Å². The van der Waals surface area contributed by atoms with Crippen molar-refractivity contribution in [3.05, 3.63) is 87.3 Å². The maximum absolute atomic E-state index is 13.4. The zero-order valence-electron chi connectivity index (χ0n) is 29.4. The van der Waals surface area contributed by atoms with Crippen LogP contribution >= 0.6 is 8.89 Å². The number of cyclic esters (lactones) is 2. The number of halogens is 16. The Labute approximate surface area is 331 Å². The number of rotatable bonds is 7. The molecule has 3 aromatic carbocycles. The first-order chi connectivity index (χ1) is 27.6. The van der Waals surface area contributed by atoms with Crippen molar-refractivity contribution >= 4 is 33.1 Å². The van der Waals surface area contributed by atoms with Crippen LogP contribution < -0.4 is 14.2 Å². The lowest BCUT2D eigenvalue weighted by molar-refractivity contribution is -0.156. The maximum Gasteiger partial charge on any atom is 0.519 e. The molecular weight excluding hydrogens is 911 g/mol. The Bertz CT molecular complexity index is 1950. The van der Waals surface area contributed by atoms with E-state index in [4.69, 9.17) is 15.3 Å². The second kappa shape index (κ2) is 22.8. The molecule has 1 saturated heterocycles. The van der Waals surface area contributed by atoms with Crippen molar-refractivity contribution in [2.45, 2.75) is 21.3 Å². The van der Waals surface area contributed by atoms with Gasteiger partial charge < -0.3 is 39.0 Å². The van der Waals surface area contributed by atoms with E-state index in [1.807, 2.05) is 0 Å². The maximum atomic E-state index is 13.4. The van der Waals surface area contributed by atoms with Crippen molar-refractivity contribution in [3.63, 3.8) is 0 Å². The van der Waals surface area contributed by atoms with Crippen LogP contribution in [0.2, 0.25) is 0 Å². The summed E-state index contributed by atoms with van der Waals surface area (Å²) in [5.74, 6) is -46.2. The first kappa shape index (κ1) is 55.4. The molecule has 342 valence electrons. The normalized spacial score (nSPS) is 12.8. The van der Waals surface area contributed by atoms with Crippen LogP contribution in [0.25, 0.3) is 0 Å². The Balaban J connectivity index is 0.000000930. The average Bonchev–Trinajstić information content (AvgIpc) is 3.22. The molecule has 0 saturated carbocycles. The topological polar surface area (TPSA) is 175 Å². The molecule has 4 rings (SSSR count). The van der Waals surface area contributed by atoms with E-state index < -0.39 is 175 Å².